The van der Waals surface area contributed by atoms with Gasteiger partial charge in [-0.1, -0.05) is 18.1 Å². The van der Waals surface area contributed by atoms with E-state index in [1.165, 1.54) is 19.3 Å². The maximum absolute atomic E-state index is 12.5. The molecular formula is C15H18BrNO. The molecule has 0 radical (unpaired) electrons. The Morgan fingerprint density at radius 3 is 2.61 bits per heavy atom. The van der Waals surface area contributed by atoms with Crippen LogP contribution in [0.1, 0.15) is 35.2 Å². The van der Waals surface area contributed by atoms with E-state index in [-0.39, 0.29) is 5.91 Å². The average molecular weight is 308 g/mol. The molecule has 1 saturated carbocycles. The summed E-state index contributed by atoms with van der Waals surface area (Å²) in [5.74, 6) is 1.72. The van der Waals surface area contributed by atoms with Crippen LogP contribution in [0.4, 0.5) is 0 Å². The first-order valence-corrected chi connectivity index (χ1v) is 7.50. The summed E-state index contributed by atoms with van der Waals surface area (Å²) in [5, 5.41) is 0. The van der Waals surface area contributed by atoms with Crippen LogP contribution in [0.5, 0.6) is 0 Å². The van der Waals surface area contributed by atoms with Crippen LogP contribution >= 0.6 is 15.9 Å². The molecule has 18 heavy (non-hydrogen) atoms. The monoisotopic (exact) mass is 307 g/mol. The van der Waals surface area contributed by atoms with E-state index in [0.29, 0.717) is 0 Å². The number of carbonyl (C=O) groups is 1. The highest BCUT2D eigenvalue weighted by atomic mass is 79.9. The Morgan fingerprint density at radius 1 is 1.28 bits per heavy atom. The first-order chi connectivity index (χ1) is 8.65. The van der Waals surface area contributed by atoms with Gasteiger partial charge >= 0.3 is 0 Å². The van der Waals surface area contributed by atoms with Gasteiger partial charge in [-0.2, -0.15) is 0 Å². The van der Waals surface area contributed by atoms with Crippen molar-refractivity contribution in [1.82, 2.24) is 4.90 Å². The molecule has 96 valence electrons. The van der Waals surface area contributed by atoms with Crippen LogP contribution in [0.15, 0.2) is 22.7 Å². The molecular weight excluding hydrogens is 290 g/mol. The summed E-state index contributed by atoms with van der Waals surface area (Å²) in [5.41, 5.74) is 1.95. The lowest BCUT2D eigenvalue weighted by molar-refractivity contribution is 0.0779. The van der Waals surface area contributed by atoms with E-state index in [2.05, 4.69) is 15.9 Å². The molecule has 1 heterocycles. The fourth-order valence-electron chi connectivity index (χ4n) is 3.37. The van der Waals surface area contributed by atoms with E-state index in [1.807, 2.05) is 30.0 Å². The third kappa shape index (κ3) is 2.09. The van der Waals surface area contributed by atoms with Gasteiger partial charge < -0.3 is 4.90 Å². The molecule has 0 spiro atoms. The van der Waals surface area contributed by atoms with Crippen LogP contribution in [0.3, 0.4) is 0 Å². The number of carbonyl (C=O) groups excluding carboxylic acids is 1. The minimum atomic E-state index is 0.194. The van der Waals surface area contributed by atoms with E-state index < -0.39 is 0 Å². The fraction of sp³-hybridized carbons (Fsp3) is 0.533. The van der Waals surface area contributed by atoms with Crippen LogP contribution in [0.25, 0.3) is 0 Å². The molecule has 1 saturated heterocycles. The van der Waals surface area contributed by atoms with Gasteiger partial charge in [-0.05, 0) is 59.7 Å². The van der Waals surface area contributed by atoms with Gasteiger partial charge in [0.2, 0.25) is 0 Å². The van der Waals surface area contributed by atoms with Crippen molar-refractivity contribution in [3.8, 4) is 0 Å². The van der Waals surface area contributed by atoms with Gasteiger partial charge in [0, 0.05) is 17.6 Å². The van der Waals surface area contributed by atoms with E-state index in [1.54, 1.807) is 0 Å². The fourth-order valence-corrected chi connectivity index (χ4v) is 3.79. The van der Waals surface area contributed by atoms with Crippen molar-refractivity contribution in [1.29, 1.82) is 0 Å². The van der Waals surface area contributed by atoms with Crippen LogP contribution in [-0.2, 0) is 0 Å². The lowest BCUT2D eigenvalue weighted by Gasteiger charge is -2.18. The Bertz CT molecular complexity index is 473. The number of benzene rings is 1. The molecule has 1 aliphatic heterocycles. The summed E-state index contributed by atoms with van der Waals surface area (Å²) in [6, 6.07) is 5.99. The zero-order valence-electron chi connectivity index (χ0n) is 10.7. The molecule has 0 aromatic heterocycles. The van der Waals surface area contributed by atoms with Gasteiger partial charge in [0.05, 0.1) is 5.56 Å². The SMILES string of the molecule is Cc1ccc(Br)c(C(=O)N2CC3CCCC3C2)c1. The van der Waals surface area contributed by atoms with E-state index in [9.17, 15) is 4.79 Å². The average Bonchev–Trinajstić information content (AvgIpc) is 2.91. The highest BCUT2D eigenvalue weighted by molar-refractivity contribution is 9.10. The second-order valence-corrected chi connectivity index (χ2v) is 6.50. The number of fused-ring (bicyclic) bond motifs is 1. The number of halogens is 1. The lowest BCUT2D eigenvalue weighted by atomic mass is 10.0. The van der Waals surface area contributed by atoms with Crippen LogP contribution in [0, 0.1) is 18.8 Å². The van der Waals surface area contributed by atoms with Crippen molar-refractivity contribution >= 4 is 21.8 Å². The van der Waals surface area contributed by atoms with Crippen molar-refractivity contribution < 1.29 is 4.79 Å². The second-order valence-electron chi connectivity index (χ2n) is 5.64. The molecule has 1 amide bonds. The molecule has 2 atom stereocenters. The minimum absolute atomic E-state index is 0.194. The van der Waals surface area contributed by atoms with Crippen molar-refractivity contribution in [2.45, 2.75) is 26.2 Å². The van der Waals surface area contributed by atoms with Gasteiger partial charge in [-0.3, -0.25) is 4.79 Å². The molecule has 1 aliphatic carbocycles. The van der Waals surface area contributed by atoms with Gasteiger partial charge in [0.1, 0.15) is 0 Å². The zero-order valence-corrected chi connectivity index (χ0v) is 12.2. The van der Waals surface area contributed by atoms with Gasteiger partial charge in [0.25, 0.3) is 5.91 Å². The van der Waals surface area contributed by atoms with E-state index in [4.69, 9.17) is 0 Å². The van der Waals surface area contributed by atoms with Gasteiger partial charge in [-0.15, -0.1) is 0 Å². The van der Waals surface area contributed by atoms with Crippen LogP contribution in [-0.4, -0.2) is 23.9 Å². The number of aryl methyl sites for hydroxylation is 1. The molecule has 1 aromatic carbocycles. The highest BCUT2D eigenvalue weighted by Crippen LogP contribution is 2.38. The normalized spacial score (nSPS) is 26.4. The largest absolute Gasteiger partial charge is 0.338 e. The molecule has 2 unspecified atom stereocenters. The molecule has 2 fully saturated rings. The number of hydrogen-bond acceptors (Lipinski definition) is 1. The minimum Gasteiger partial charge on any atom is -0.338 e. The van der Waals surface area contributed by atoms with Crippen LogP contribution in [0.2, 0.25) is 0 Å². The maximum Gasteiger partial charge on any atom is 0.255 e. The highest BCUT2D eigenvalue weighted by Gasteiger charge is 2.38. The van der Waals surface area contributed by atoms with Crippen LogP contribution < -0.4 is 0 Å². The molecule has 2 aliphatic rings. The predicted octanol–water partition coefficient (Wildman–Crippen LogP) is 3.63. The van der Waals surface area contributed by atoms with Crippen molar-refractivity contribution in [2.75, 3.05) is 13.1 Å². The van der Waals surface area contributed by atoms with E-state index >= 15 is 0 Å². The molecule has 0 bridgehead atoms. The Hall–Kier alpha value is -0.830. The first kappa shape index (κ1) is 12.2. The topological polar surface area (TPSA) is 20.3 Å². The summed E-state index contributed by atoms with van der Waals surface area (Å²) < 4.78 is 0.912. The Labute approximate surface area is 116 Å². The number of nitrogens with zero attached hydrogens (tertiary/aromatic N) is 1. The standard InChI is InChI=1S/C15H18BrNO/c1-10-5-6-14(16)13(7-10)15(18)17-8-11-3-2-4-12(11)9-17/h5-7,11-12H,2-4,8-9H2,1H3. The number of amides is 1. The zero-order chi connectivity index (χ0) is 12.7. The first-order valence-electron chi connectivity index (χ1n) is 6.70. The molecule has 3 heteroatoms. The quantitative estimate of drug-likeness (QED) is 0.776. The third-order valence-electron chi connectivity index (χ3n) is 4.37. The summed E-state index contributed by atoms with van der Waals surface area (Å²) >= 11 is 3.49. The maximum atomic E-state index is 12.5. The summed E-state index contributed by atoms with van der Waals surface area (Å²) in [4.78, 5) is 14.6. The third-order valence-corrected chi connectivity index (χ3v) is 5.06. The Morgan fingerprint density at radius 2 is 1.94 bits per heavy atom. The van der Waals surface area contributed by atoms with Crippen molar-refractivity contribution in [2.24, 2.45) is 11.8 Å². The van der Waals surface area contributed by atoms with Crippen molar-refractivity contribution in [3.63, 3.8) is 0 Å². The lowest BCUT2D eigenvalue weighted by Crippen LogP contribution is -2.29. The summed E-state index contributed by atoms with van der Waals surface area (Å²) in [7, 11) is 0. The number of likely N-dealkylation sites (tertiary alicyclic amines) is 1. The predicted molar refractivity (Wildman–Crippen MR) is 75.6 cm³/mol. The molecule has 1 aromatic rings. The van der Waals surface area contributed by atoms with Crippen molar-refractivity contribution in [3.05, 3.63) is 33.8 Å². The van der Waals surface area contributed by atoms with E-state index in [0.717, 1.165) is 40.5 Å². The van der Waals surface area contributed by atoms with Gasteiger partial charge in [0.15, 0.2) is 0 Å². The number of hydrogen-bond donors (Lipinski definition) is 0. The Balaban J connectivity index is 1.81. The molecule has 0 N–H and O–H groups in total. The molecule has 2 nitrogen and oxygen atoms in total. The summed E-state index contributed by atoms with van der Waals surface area (Å²) in [6.07, 6.45) is 3.97. The Kier molecular flexibility index (Phi) is 3.18. The molecule has 3 rings (SSSR count). The smallest absolute Gasteiger partial charge is 0.255 e. The van der Waals surface area contributed by atoms with Gasteiger partial charge in [-0.25, -0.2) is 0 Å². The second kappa shape index (κ2) is 4.69. The summed E-state index contributed by atoms with van der Waals surface area (Å²) in [6.45, 7) is 3.95. The number of rotatable bonds is 1.